The molecular weight excluding hydrogens is 320 g/mol. The molecule has 0 unspecified atom stereocenters. The predicted octanol–water partition coefficient (Wildman–Crippen LogP) is 3.12. The summed E-state index contributed by atoms with van der Waals surface area (Å²) >= 11 is 0. The van der Waals surface area contributed by atoms with Gasteiger partial charge in [0.15, 0.2) is 18.2 Å². The zero-order valence-corrected chi connectivity index (χ0v) is 13.5. The van der Waals surface area contributed by atoms with Gasteiger partial charge in [-0.05, 0) is 47.7 Å². The first-order chi connectivity index (χ1) is 12.2. The summed E-state index contributed by atoms with van der Waals surface area (Å²) in [4.78, 5) is 34.3. The Morgan fingerprint density at radius 3 is 2.80 bits per heavy atom. The molecule has 0 radical (unpaired) electrons. The number of carbonyl (C=O) groups is 3. The van der Waals surface area contributed by atoms with Gasteiger partial charge in [0.25, 0.3) is 6.47 Å². The molecule has 1 heterocycles. The van der Waals surface area contributed by atoms with Crippen LogP contribution in [0.25, 0.3) is 11.1 Å². The monoisotopic (exact) mass is 336 g/mol. The number of benzene rings is 2. The van der Waals surface area contributed by atoms with E-state index in [-0.39, 0.29) is 24.6 Å². The third-order valence-electron chi connectivity index (χ3n) is 4.74. The van der Waals surface area contributed by atoms with Gasteiger partial charge in [0.2, 0.25) is 0 Å². The maximum Gasteiger partial charge on any atom is 0.293 e. The highest BCUT2D eigenvalue weighted by Gasteiger charge is 2.24. The Bertz CT molecular complexity index is 897. The summed E-state index contributed by atoms with van der Waals surface area (Å²) in [6, 6.07) is 9.29. The van der Waals surface area contributed by atoms with Crippen molar-refractivity contribution in [3.05, 3.63) is 52.6 Å². The Hall–Kier alpha value is -2.95. The van der Waals surface area contributed by atoms with Crippen molar-refractivity contribution in [3.63, 3.8) is 0 Å². The molecular formula is C20H16O5. The Kier molecular flexibility index (Phi) is 3.84. The van der Waals surface area contributed by atoms with Gasteiger partial charge in [-0.15, -0.1) is 0 Å². The quantitative estimate of drug-likeness (QED) is 0.634. The minimum Gasteiger partial charge on any atom is -0.488 e. The summed E-state index contributed by atoms with van der Waals surface area (Å²) < 4.78 is 10.4. The second-order valence-corrected chi connectivity index (χ2v) is 6.27. The fraction of sp³-hybridized carbons (Fsp3) is 0.250. The molecule has 4 rings (SSSR count). The van der Waals surface area contributed by atoms with Gasteiger partial charge >= 0.3 is 0 Å². The summed E-state index contributed by atoms with van der Waals surface area (Å²) in [5, 5.41) is 0. The molecule has 0 spiro atoms. The van der Waals surface area contributed by atoms with Gasteiger partial charge in [-0.3, -0.25) is 14.4 Å². The summed E-state index contributed by atoms with van der Waals surface area (Å²) in [7, 11) is 0. The first-order valence-corrected chi connectivity index (χ1v) is 8.22. The van der Waals surface area contributed by atoms with Gasteiger partial charge in [-0.2, -0.15) is 0 Å². The van der Waals surface area contributed by atoms with Crippen LogP contribution in [0.2, 0.25) is 0 Å². The topological polar surface area (TPSA) is 69.7 Å². The van der Waals surface area contributed by atoms with Crippen molar-refractivity contribution in [1.29, 1.82) is 0 Å². The number of rotatable bonds is 4. The molecule has 1 aliphatic heterocycles. The normalized spacial score (nSPS) is 14.6. The van der Waals surface area contributed by atoms with Crippen LogP contribution in [0, 0.1) is 0 Å². The summed E-state index contributed by atoms with van der Waals surface area (Å²) in [6.45, 7) is 0.334. The largest absolute Gasteiger partial charge is 0.488 e. The maximum atomic E-state index is 12.1. The van der Waals surface area contributed by atoms with Crippen molar-refractivity contribution in [3.8, 4) is 16.9 Å². The molecule has 0 N–H and O–H groups in total. The molecule has 2 aromatic rings. The van der Waals surface area contributed by atoms with Crippen molar-refractivity contribution < 1.29 is 23.9 Å². The van der Waals surface area contributed by atoms with Crippen LogP contribution in [0.4, 0.5) is 0 Å². The first-order valence-electron chi connectivity index (χ1n) is 8.22. The average molecular weight is 336 g/mol. The Labute approximate surface area is 144 Å². The lowest BCUT2D eigenvalue weighted by Gasteiger charge is -2.25. The van der Waals surface area contributed by atoms with Crippen molar-refractivity contribution in [2.45, 2.75) is 25.9 Å². The fourth-order valence-corrected chi connectivity index (χ4v) is 3.49. The molecule has 5 nitrogen and oxygen atoms in total. The second kappa shape index (κ2) is 6.16. The summed E-state index contributed by atoms with van der Waals surface area (Å²) in [5.74, 6) is 0.635. The number of hydrogen-bond donors (Lipinski definition) is 0. The minimum absolute atomic E-state index is 0.176. The summed E-state index contributed by atoms with van der Waals surface area (Å²) in [5.41, 5.74) is 5.19. The third-order valence-corrected chi connectivity index (χ3v) is 4.74. The molecule has 0 saturated heterocycles. The van der Waals surface area contributed by atoms with Crippen LogP contribution < -0.4 is 4.74 Å². The lowest BCUT2D eigenvalue weighted by atomic mass is 9.86. The van der Waals surface area contributed by atoms with Crippen LogP contribution in [0.1, 0.15) is 44.7 Å². The molecule has 25 heavy (non-hydrogen) atoms. The highest BCUT2D eigenvalue weighted by Crippen LogP contribution is 2.41. The van der Waals surface area contributed by atoms with Crippen molar-refractivity contribution in [2.24, 2.45) is 0 Å². The number of ether oxygens (including phenoxy) is 2. The van der Waals surface area contributed by atoms with Crippen molar-refractivity contribution in [1.82, 2.24) is 0 Å². The van der Waals surface area contributed by atoms with E-state index in [1.165, 1.54) is 0 Å². The van der Waals surface area contributed by atoms with E-state index in [1.807, 2.05) is 18.2 Å². The average Bonchev–Trinajstić information content (AvgIpc) is 2.64. The molecule has 0 fully saturated rings. The van der Waals surface area contributed by atoms with E-state index in [9.17, 15) is 14.4 Å². The molecule has 0 saturated carbocycles. The van der Waals surface area contributed by atoms with Gasteiger partial charge in [-0.25, -0.2) is 0 Å². The third kappa shape index (κ3) is 2.71. The second-order valence-electron chi connectivity index (χ2n) is 6.27. The standard InChI is InChI=1S/C20H16O5/c21-11-24-10-19(23)13-4-5-15-14(6-13)9-25-20-8-16-12(7-17(15)20)2-1-3-18(16)22/h4-8,11H,1-3,9-10H2. The number of aryl methyl sites for hydroxylation is 1. The SMILES string of the molecule is O=COCC(=O)c1ccc2c(c1)COc1cc3c(cc1-2)CCCC3=O. The van der Waals surface area contributed by atoms with Gasteiger partial charge in [0, 0.05) is 23.1 Å². The van der Waals surface area contributed by atoms with Crippen LogP contribution in [-0.2, 0) is 22.6 Å². The molecule has 5 heteroatoms. The van der Waals surface area contributed by atoms with Crippen LogP contribution in [0.5, 0.6) is 5.75 Å². The van der Waals surface area contributed by atoms with Gasteiger partial charge in [0.05, 0.1) is 0 Å². The van der Waals surface area contributed by atoms with Gasteiger partial charge in [-0.1, -0.05) is 12.1 Å². The Morgan fingerprint density at radius 2 is 1.96 bits per heavy atom. The van der Waals surface area contributed by atoms with E-state index in [0.29, 0.717) is 24.3 Å². The van der Waals surface area contributed by atoms with Crippen LogP contribution >= 0.6 is 0 Å². The van der Waals surface area contributed by atoms with E-state index < -0.39 is 0 Å². The molecule has 0 aromatic heterocycles. The molecule has 0 atom stereocenters. The highest BCUT2D eigenvalue weighted by atomic mass is 16.5. The zero-order valence-electron chi connectivity index (χ0n) is 13.5. The number of hydrogen-bond acceptors (Lipinski definition) is 5. The molecule has 1 aliphatic carbocycles. The fourth-order valence-electron chi connectivity index (χ4n) is 3.49. The van der Waals surface area contributed by atoms with E-state index in [4.69, 9.17) is 4.74 Å². The summed E-state index contributed by atoms with van der Waals surface area (Å²) in [6.07, 6.45) is 2.36. The smallest absolute Gasteiger partial charge is 0.293 e. The lowest BCUT2D eigenvalue weighted by molar-refractivity contribution is -0.127. The van der Waals surface area contributed by atoms with Crippen LogP contribution in [0.15, 0.2) is 30.3 Å². The Morgan fingerprint density at radius 1 is 1.08 bits per heavy atom. The lowest BCUT2D eigenvalue weighted by Crippen LogP contribution is -2.14. The molecule has 0 bridgehead atoms. The van der Waals surface area contributed by atoms with E-state index >= 15 is 0 Å². The molecule has 2 aliphatic rings. The van der Waals surface area contributed by atoms with E-state index in [0.717, 1.165) is 40.7 Å². The van der Waals surface area contributed by atoms with Crippen molar-refractivity contribution >= 4 is 18.0 Å². The van der Waals surface area contributed by atoms with Crippen LogP contribution in [0.3, 0.4) is 0 Å². The Balaban J connectivity index is 1.73. The van der Waals surface area contributed by atoms with Crippen molar-refractivity contribution in [2.75, 3.05) is 6.61 Å². The number of fused-ring (bicyclic) bond motifs is 4. The van der Waals surface area contributed by atoms with Crippen LogP contribution in [-0.4, -0.2) is 24.6 Å². The number of ketones is 2. The van der Waals surface area contributed by atoms with Gasteiger partial charge < -0.3 is 9.47 Å². The number of carbonyl (C=O) groups excluding carboxylic acids is 3. The van der Waals surface area contributed by atoms with E-state index in [1.54, 1.807) is 12.1 Å². The zero-order chi connectivity index (χ0) is 17.4. The maximum absolute atomic E-state index is 12.1. The molecule has 126 valence electrons. The molecule has 2 aromatic carbocycles. The highest BCUT2D eigenvalue weighted by molar-refractivity contribution is 6.01. The predicted molar refractivity (Wildman–Crippen MR) is 89.8 cm³/mol. The van der Waals surface area contributed by atoms with E-state index in [2.05, 4.69) is 4.74 Å². The first kappa shape index (κ1) is 15.6. The molecule has 0 amide bonds. The minimum atomic E-state index is -0.269. The van der Waals surface area contributed by atoms with Gasteiger partial charge in [0.1, 0.15) is 12.4 Å². The number of Topliss-reactive ketones (excluding diaryl/α,β-unsaturated/α-hetero) is 2.